The highest BCUT2D eigenvalue weighted by Crippen LogP contribution is 2.41. The van der Waals surface area contributed by atoms with Crippen LogP contribution in [0.15, 0.2) is 48.5 Å². The molecule has 0 radical (unpaired) electrons. The first-order chi connectivity index (χ1) is 11.5. The van der Waals surface area contributed by atoms with E-state index in [1.807, 2.05) is 0 Å². The Balaban J connectivity index is 1.62. The fourth-order valence-electron chi connectivity index (χ4n) is 2.26. The number of halogens is 3. The van der Waals surface area contributed by atoms with E-state index in [0.29, 0.717) is 5.56 Å². The molecule has 0 amide bonds. The molecule has 1 heterocycles. The van der Waals surface area contributed by atoms with Crippen molar-refractivity contribution in [3.05, 3.63) is 71.3 Å². The molecular formula is C17H13BrF2O4. The molecule has 1 fully saturated rings. The lowest BCUT2D eigenvalue weighted by molar-refractivity contribution is -0.0983. The maximum absolute atomic E-state index is 13.9. The molecule has 126 valence electrons. The van der Waals surface area contributed by atoms with Gasteiger partial charge in [-0.15, -0.1) is 0 Å². The molecule has 0 spiro atoms. The SMILES string of the molecule is O=C(OC[C@@H]1CO[C@@](Br)(c2ccc(F)cc2F)O1)c1ccccc1. The Kier molecular flexibility index (Phi) is 4.93. The quantitative estimate of drug-likeness (QED) is 0.581. The van der Waals surface area contributed by atoms with Gasteiger partial charge < -0.3 is 14.2 Å². The largest absolute Gasteiger partial charge is 0.459 e. The minimum Gasteiger partial charge on any atom is -0.459 e. The number of carbonyl (C=O) groups is 1. The predicted octanol–water partition coefficient (Wildman–Crippen LogP) is 3.74. The van der Waals surface area contributed by atoms with Crippen LogP contribution in [-0.2, 0) is 18.9 Å². The second-order valence-electron chi connectivity index (χ2n) is 5.18. The summed E-state index contributed by atoms with van der Waals surface area (Å²) in [5, 5.41) is 0. The first-order valence-corrected chi connectivity index (χ1v) is 7.95. The molecule has 0 unspecified atom stereocenters. The van der Waals surface area contributed by atoms with Gasteiger partial charge in [-0.3, -0.25) is 0 Å². The summed E-state index contributed by atoms with van der Waals surface area (Å²) in [5.74, 6) is -1.98. The number of rotatable bonds is 4. The Hall–Kier alpha value is -1.83. The average molecular weight is 399 g/mol. The van der Waals surface area contributed by atoms with E-state index in [4.69, 9.17) is 14.2 Å². The topological polar surface area (TPSA) is 44.8 Å². The number of benzene rings is 2. The number of hydrogen-bond acceptors (Lipinski definition) is 4. The standard InChI is InChI=1S/C17H13BrF2O4/c18-17(14-7-6-12(19)8-15(14)20)23-10-13(24-17)9-22-16(21)11-4-2-1-3-5-11/h1-8,13H,9-10H2/t13-,17+/m1/s1. The minimum absolute atomic E-state index is 0.0146. The molecule has 24 heavy (non-hydrogen) atoms. The summed E-state index contributed by atoms with van der Waals surface area (Å²) in [6.45, 7) is 0.0357. The van der Waals surface area contributed by atoms with Crippen molar-refractivity contribution in [3.63, 3.8) is 0 Å². The zero-order valence-electron chi connectivity index (χ0n) is 12.4. The third-order valence-corrected chi connectivity index (χ3v) is 4.28. The fraction of sp³-hybridized carbons (Fsp3) is 0.235. The average Bonchev–Trinajstić information content (AvgIpc) is 2.95. The summed E-state index contributed by atoms with van der Waals surface area (Å²) >= 11 is 3.17. The highest BCUT2D eigenvalue weighted by Gasteiger charge is 2.43. The molecule has 4 nitrogen and oxygen atoms in total. The molecule has 2 aromatic rings. The number of alkyl halides is 1. The summed E-state index contributed by atoms with van der Waals surface area (Å²) in [4.78, 5) is 11.9. The molecule has 0 N–H and O–H groups in total. The maximum Gasteiger partial charge on any atom is 0.338 e. The lowest BCUT2D eigenvalue weighted by atomic mass is 10.2. The van der Waals surface area contributed by atoms with Gasteiger partial charge in [0.05, 0.1) is 17.7 Å². The van der Waals surface area contributed by atoms with Gasteiger partial charge in [0.25, 0.3) is 4.70 Å². The van der Waals surface area contributed by atoms with Crippen molar-refractivity contribution in [2.75, 3.05) is 13.2 Å². The van der Waals surface area contributed by atoms with E-state index < -0.39 is 28.4 Å². The smallest absolute Gasteiger partial charge is 0.338 e. The lowest BCUT2D eigenvalue weighted by Crippen LogP contribution is -2.25. The molecule has 1 aliphatic heterocycles. The van der Waals surface area contributed by atoms with Crippen LogP contribution in [0.2, 0.25) is 0 Å². The monoisotopic (exact) mass is 398 g/mol. The first-order valence-electron chi connectivity index (χ1n) is 7.16. The predicted molar refractivity (Wildman–Crippen MR) is 84.5 cm³/mol. The van der Waals surface area contributed by atoms with Crippen LogP contribution in [0.1, 0.15) is 15.9 Å². The molecule has 3 rings (SSSR count). The van der Waals surface area contributed by atoms with Crippen molar-refractivity contribution < 1.29 is 27.8 Å². The third-order valence-electron chi connectivity index (χ3n) is 3.44. The van der Waals surface area contributed by atoms with E-state index in [1.54, 1.807) is 30.3 Å². The Bertz CT molecular complexity index is 741. The van der Waals surface area contributed by atoms with Crippen LogP contribution < -0.4 is 0 Å². The minimum atomic E-state index is -1.53. The van der Waals surface area contributed by atoms with Gasteiger partial charge in [0.15, 0.2) is 0 Å². The van der Waals surface area contributed by atoms with Crippen molar-refractivity contribution in [1.29, 1.82) is 0 Å². The van der Waals surface area contributed by atoms with E-state index >= 15 is 0 Å². The van der Waals surface area contributed by atoms with E-state index in [-0.39, 0.29) is 18.8 Å². The molecule has 0 aromatic heterocycles. The summed E-state index contributed by atoms with van der Waals surface area (Å²) in [6.07, 6.45) is -0.582. The summed E-state index contributed by atoms with van der Waals surface area (Å²) in [7, 11) is 0. The molecule has 0 saturated carbocycles. The van der Waals surface area contributed by atoms with Gasteiger partial charge in [-0.25, -0.2) is 13.6 Å². The summed E-state index contributed by atoms with van der Waals surface area (Å²) in [6, 6.07) is 11.6. The molecule has 0 bridgehead atoms. The van der Waals surface area contributed by atoms with E-state index in [0.717, 1.165) is 12.1 Å². The van der Waals surface area contributed by atoms with Crippen molar-refractivity contribution in [2.45, 2.75) is 10.8 Å². The highest BCUT2D eigenvalue weighted by molar-refractivity contribution is 9.09. The van der Waals surface area contributed by atoms with Gasteiger partial charge in [0.2, 0.25) is 0 Å². The lowest BCUT2D eigenvalue weighted by Gasteiger charge is -2.22. The Labute approximate surface area is 145 Å². The van der Waals surface area contributed by atoms with Crippen LogP contribution in [-0.4, -0.2) is 25.3 Å². The van der Waals surface area contributed by atoms with Crippen LogP contribution >= 0.6 is 15.9 Å². The molecule has 1 saturated heterocycles. The molecule has 2 atom stereocenters. The van der Waals surface area contributed by atoms with E-state index in [9.17, 15) is 13.6 Å². The van der Waals surface area contributed by atoms with Gasteiger partial charge in [-0.2, -0.15) is 0 Å². The first kappa shape index (κ1) is 17.0. The van der Waals surface area contributed by atoms with Gasteiger partial charge in [-0.05, 0) is 40.2 Å². The van der Waals surface area contributed by atoms with Crippen LogP contribution in [0.3, 0.4) is 0 Å². The van der Waals surface area contributed by atoms with Crippen molar-refractivity contribution in [3.8, 4) is 0 Å². The van der Waals surface area contributed by atoms with Crippen molar-refractivity contribution >= 4 is 21.9 Å². The zero-order chi connectivity index (χ0) is 17.2. The van der Waals surface area contributed by atoms with Crippen LogP contribution in [0, 0.1) is 11.6 Å². The van der Waals surface area contributed by atoms with Gasteiger partial charge in [-0.1, -0.05) is 18.2 Å². The summed E-state index contributed by atoms with van der Waals surface area (Å²) in [5.41, 5.74) is 0.437. The maximum atomic E-state index is 13.9. The van der Waals surface area contributed by atoms with Gasteiger partial charge in [0, 0.05) is 6.07 Å². The van der Waals surface area contributed by atoms with E-state index in [1.165, 1.54) is 6.07 Å². The molecule has 7 heteroatoms. The van der Waals surface area contributed by atoms with Gasteiger partial charge >= 0.3 is 5.97 Å². The second kappa shape index (κ2) is 6.96. The second-order valence-corrected chi connectivity index (χ2v) is 6.22. The fourth-order valence-corrected chi connectivity index (χ4v) is 2.98. The van der Waals surface area contributed by atoms with E-state index in [2.05, 4.69) is 15.9 Å². The Morgan fingerprint density at radius 2 is 2.00 bits per heavy atom. The molecular weight excluding hydrogens is 386 g/mol. The van der Waals surface area contributed by atoms with Crippen LogP contribution in [0.5, 0.6) is 0 Å². The molecule has 1 aliphatic rings. The third kappa shape index (κ3) is 3.63. The highest BCUT2D eigenvalue weighted by atomic mass is 79.9. The number of carbonyl (C=O) groups excluding carboxylic acids is 1. The number of hydrogen-bond donors (Lipinski definition) is 0. The van der Waals surface area contributed by atoms with Crippen LogP contribution in [0.25, 0.3) is 0 Å². The van der Waals surface area contributed by atoms with Crippen molar-refractivity contribution in [1.82, 2.24) is 0 Å². The molecule has 0 aliphatic carbocycles. The zero-order valence-corrected chi connectivity index (χ0v) is 14.0. The van der Waals surface area contributed by atoms with Crippen LogP contribution in [0.4, 0.5) is 8.78 Å². The normalized spacial score (nSPS) is 23.2. The van der Waals surface area contributed by atoms with Crippen molar-refractivity contribution in [2.24, 2.45) is 0 Å². The number of esters is 1. The Morgan fingerprint density at radius 1 is 1.25 bits per heavy atom. The van der Waals surface area contributed by atoms with Gasteiger partial charge in [0.1, 0.15) is 24.3 Å². The molecule has 2 aromatic carbocycles. The Morgan fingerprint density at radius 3 is 2.71 bits per heavy atom. The number of ether oxygens (including phenoxy) is 3. The summed E-state index contributed by atoms with van der Waals surface area (Å²) < 4.78 is 41.6.